The van der Waals surface area contributed by atoms with E-state index in [9.17, 15) is 4.79 Å². The lowest BCUT2D eigenvalue weighted by molar-refractivity contribution is 0.0925. The number of aromatic amines is 1. The first kappa shape index (κ1) is 25.6. The molecule has 3 N–H and O–H groups in total. The monoisotopic (exact) mass is 525 g/mol. The highest BCUT2D eigenvalue weighted by Gasteiger charge is 2.26. The lowest BCUT2D eigenvalue weighted by Crippen LogP contribution is -2.38. The lowest BCUT2D eigenvalue weighted by Gasteiger charge is -2.30. The normalized spacial score (nSPS) is 20.1. The van der Waals surface area contributed by atoms with E-state index in [0.29, 0.717) is 5.92 Å². The van der Waals surface area contributed by atoms with Crippen molar-refractivity contribution < 1.29 is 4.79 Å². The second-order valence-electron chi connectivity index (χ2n) is 12.3. The fourth-order valence-electron chi connectivity index (χ4n) is 6.01. The molecule has 2 atom stereocenters. The van der Waals surface area contributed by atoms with Gasteiger partial charge in [0.1, 0.15) is 5.52 Å². The molecule has 0 radical (unpaired) electrons. The van der Waals surface area contributed by atoms with Crippen molar-refractivity contribution in [2.45, 2.75) is 76.9 Å². The summed E-state index contributed by atoms with van der Waals surface area (Å²) >= 11 is 0. The molecule has 0 spiro atoms. The minimum absolute atomic E-state index is 0.0156. The van der Waals surface area contributed by atoms with Crippen molar-refractivity contribution in [3.05, 3.63) is 71.2 Å². The molecule has 1 unspecified atom stereocenters. The second-order valence-corrected chi connectivity index (χ2v) is 12.3. The van der Waals surface area contributed by atoms with Crippen LogP contribution in [0.1, 0.15) is 79.6 Å². The number of nitrogens with zero attached hydrogens (tertiary/aromatic N) is 4. The number of hydrogen-bond acceptors (Lipinski definition) is 5. The number of aromatic nitrogens is 4. The summed E-state index contributed by atoms with van der Waals surface area (Å²) in [5.41, 5.74) is 7.43. The number of benzene rings is 2. The second kappa shape index (κ2) is 10.2. The Morgan fingerprint density at radius 1 is 1.08 bits per heavy atom. The summed E-state index contributed by atoms with van der Waals surface area (Å²) in [6.45, 7) is 9.38. The van der Waals surface area contributed by atoms with Crippen molar-refractivity contribution in [1.29, 1.82) is 0 Å². The molecule has 39 heavy (non-hydrogen) atoms. The minimum atomic E-state index is 0.0156. The Labute approximate surface area is 230 Å². The Kier molecular flexibility index (Phi) is 6.67. The van der Waals surface area contributed by atoms with Gasteiger partial charge in [0.25, 0.3) is 5.91 Å². The highest BCUT2D eigenvalue weighted by molar-refractivity contribution is 5.94. The van der Waals surface area contributed by atoms with Crippen molar-refractivity contribution in [3.8, 4) is 0 Å². The highest BCUT2D eigenvalue weighted by Crippen LogP contribution is 2.37. The SMILES string of the molecule is CN1CCn2nc(Nc3cc(C4CCC[C@@H](NC(=O)c5ccc(C(C)(C)C)cc5)C4)cc4[nH]cnc34)cc2C1. The van der Waals surface area contributed by atoms with Crippen molar-refractivity contribution in [2.75, 3.05) is 18.9 Å². The molecule has 8 heteroatoms. The van der Waals surface area contributed by atoms with Crippen molar-refractivity contribution in [1.82, 2.24) is 30.0 Å². The van der Waals surface area contributed by atoms with Crippen LogP contribution in [0.5, 0.6) is 0 Å². The van der Waals surface area contributed by atoms with Crippen LogP contribution in [0.25, 0.3) is 11.0 Å². The summed E-state index contributed by atoms with van der Waals surface area (Å²) < 4.78 is 2.10. The predicted octanol–water partition coefficient (Wildman–Crippen LogP) is 5.70. The van der Waals surface area contributed by atoms with Gasteiger partial charge in [-0.3, -0.25) is 14.4 Å². The molecule has 0 saturated heterocycles. The molecule has 2 aromatic heterocycles. The molecule has 1 saturated carbocycles. The number of carbonyl (C=O) groups excluding carboxylic acids is 1. The zero-order valence-electron chi connectivity index (χ0n) is 23.4. The third-order valence-electron chi connectivity index (χ3n) is 8.29. The summed E-state index contributed by atoms with van der Waals surface area (Å²) in [7, 11) is 2.14. The maximum Gasteiger partial charge on any atom is 0.251 e. The number of fused-ring (bicyclic) bond motifs is 2. The van der Waals surface area contributed by atoms with Crippen LogP contribution in [0.3, 0.4) is 0 Å². The van der Waals surface area contributed by atoms with Gasteiger partial charge in [0.05, 0.1) is 29.8 Å². The molecule has 6 rings (SSSR count). The molecule has 204 valence electrons. The van der Waals surface area contributed by atoms with Gasteiger partial charge >= 0.3 is 0 Å². The van der Waals surface area contributed by atoms with Crippen LogP contribution in [-0.2, 0) is 18.5 Å². The average molecular weight is 526 g/mol. The summed E-state index contributed by atoms with van der Waals surface area (Å²) in [6, 6.07) is 14.8. The molecule has 1 aliphatic heterocycles. The third kappa shape index (κ3) is 5.43. The summed E-state index contributed by atoms with van der Waals surface area (Å²) in [6.07, 6.45) is 5.88. The number of nitrogens with one attached hydrogen (secondary N) is 3. The summed E-state index contributed by atoms with van der Waals surface area (Å²) in [4.78, 5) is 23.3. The number of H-pyrrole nitrogens is 1. The van der Waals surface area contributed by atoms with E-state index in [1.165, 1.54) is 16.8 Å². The van der Waals surface area contributed by atoms with E-state index in [4.69, 9.17) is 5.10 Å². The zero-order chi connectivity index (χ0) is 27.1. The van der Waals surface area contributed by atoms with Gasteiger partial charge in [-0.25, -0.2) is 4.98 Å². The van der Waals surface area contributed by atoms with E-state index in [-0.39, 0.29) is 17.4 Å². The smallest absolute Gasteiger partial charge is 0.251 e. The van der Waals surface area contributed by atoms with Crippen LogP contribution < -0.4 is 10.6 Å². The first-order valence-electron chi connectivity index (χ1n) is 14.1. The highest BCUT2D eigenvalue weighted by atomic mass is 16.1. The van der Waals surface area contributed by atoms with Crippen molar-refractivity contribution in [2.24, 2.45) is 0 Å². The number of amides is 1. The van der Waals surface area contributed by atoms with Crippen LogP contribution in [0.4, 0.5) is 11.5 Å². The Morgan fingerprint density at radius 3 is 2.69 bits per heavy atom. The van der Waals surface area contributed by atoms with E-state index >= 15 is 0 Å². The molecule has 4 aromatic rings. The predicted molar refractivity (Wildman–Crippen MR) is 156 cm³/mol. The molecule has 1 aliphatic carbocycles. The maximum atomic E-state index is 13.1. The zero-order valence-corrected chi connectivity index (χ0v) is 23.4. The van der Waals surface area contributed by atoms with Gasteiger partial charge in [-0.1, -0.05) is 39.3 Å². The first-order chi connectivity index (χ1) is 18.7. The van der Waals surface area contributed by atoms with E-state index < -0.39 is 0 Å². The molecular formula is C31H39N7O. The van der Waals surface area contributed by atoms with Gasteiger partial charge in [0.15, 0.2) is 5.82 Å². The molecule has 1 amide bonds. The van der Waals surface area contributed by atoms with Gasteiger partial charge in [0, 0.05) is 30.8 Å². The topological polar surface area (TPSA) is 90.9 Å². The minimum Gasteiger partial charge on any atom is -0.349 e. The van der Waals surface area contributed by atoms with Gasteiger partial charge < -0.3 is 15.6 Å². The Morgan fingerprint density at radius 2 is 1.90 bits per heavy atom. The molecule has 8 nitrogen and oxygen atoms in total. The van der Waals surface area contributed by atoms with Crippen LogP contribution >= 0.6 is 0 Å². The van der Waals surface area contributed by atoms with E-state index in [1.807, 2.05) is 12.1 Å². The number of carbonyl (C=O) groups is 1. The quantitative estimate of drug-likeness (QED) is 0.311. The molecular weight excluding hydrogens is 486 g/mol. The van der Waals surface area contributed by atoms with Crippen LogP contribution in [0.2, 0.25) is 0 Å². The van der Waals surface area contributed by atoms with Crippen LogP contribution in [-0.4, -0.2) is 50.2 Å². The van der Waals surface area contributed by atoms with Crippen LogP contribution in [0, 0.1) is 0 Å². The maximum absolute atomic E-state index is 13.1. The number of anilines is 2. The van der Waals surface area contributed by atoms with Gasteiger partial charge in [-0.15, -0.1) is 0 Å². The number of rotatable bonds is 5. The Balaban J connectivity index is 1.18. The first-order valence-corrected chi connectivity index (χ1v) is 14.1. The van der Waals surface area contributed by atoms with E-state index in [2.05, 4.69) is 88.3 Å². The lowest BCUT2D eigenvalue weighted by atomic mass is 9.81. The third-order valence-corrected chi connectivity index (χ3v) is 8.29. The standard InChI is InChI=1S/C31H39N7O/c1-31(2,3)23-10-8-20(9-11-23)30(39)34-24-7-5-6-21(14-24)22-15-26-29(33-19-32-26)27(16-22)35-28-17-25-18-37(4)12-13-38(25)36-28/h8-11,15-17,19,21,24H,5-7,12-14,18H2,1-4H3,(H,32,33)(H,34,39)(H,35,36)/t21?,24-/m1/s1. The summed E-state index contributed by atoms with van der Waals surface area (Å²) in [5.74, 6) is 1.24. The molecule has 3 heterocycles. The largest absolute Gasteiger partial charge is 0.349 e. The Bertz CT molecular complexity index is 1480. The molecule has 0 bridgehead atoms. The fraction of sp³-hybridized carbons (Fsp3) is 0.452. The molecule has 2 aromatic carbocycles. The van der Waals surface area contributed by atoms with E-state index in [1.54, 1.807) is 6.33 Å². The average Bonchev–Trinajstić information content (AvgIpc) is 3.55. The fourth-order valence-corrected chi connectivity index (χ4v) is 6.01. The van der Waals surface area contributed by atoms with E-state index in [0.717, 1.165) is 73.4 Å². The number of likely N-dealkylation sites (N-methyl/N-ethyl adjacent to an activating group) is 1. The van der Waals surface area contributed by atoms with Crippen LogP contribution in [0.15, 0.2) is 48.8 Å². The number of hydrogen-bond donors (Lipinski definition) is 3. The van der Waals surface area contributed by atoms with Crippen molar-refractivity contribution >= 4 is 28.4 Å². The Hall–Kier alpha value is -3.65. The van der Waals surface area contributed by atoms with Crippen molar-refractivity contribution in [3.63, 3.8) is 0 Å². The number of imidazole rings is 1. The molecule has 1 fully saturated rings. The molecule has 2 aliphatic rings. The van der Waals surface area contributed by atoms with Gasteiger partial charge in [-0.2, -0.15) is 5.10 Å². The van der Waals surface area contributed by atoms with Gasteiger partial charge in [-0.05, 0) is 73.0 Å². The van der Waals surface area contributed by atoms with Gasteiger partial charge in [0.2, 0.25) is 0 Å². The summed E-state index contributed by atoms with van der Waals surface area (Å²) in [5, 5.41) is 11.7.